The van der Waals surface area contributed by atoms with E-state index in [9.17, 15) is 10.2 Å². The van der Waals surface area contributed by atoms with Crippen molar-refractivity contribution in [3.05, 3.63) is 59.7 Å². The van der Waals surface area contributed by atoms with Gasteiger partial charge in [-0.05, 0) is 22.3 Å². The van der Waals surface area contributed by atoms with E-state index in [0.717, 1.165) is 22.3 Å². The maximum Gasteiger partial charge on any atom is 0.145 e. The summed E-state index contributed by atoms with van der Waals surface area (Å²) in [5.41, 5.74) is 4.60. The van der Waals surface area contributed by atoms with E-state index in [-0.39, 0.29) is 188 Å². The van der Waals surface area contributed by atoms with E-state index in [1.54, 1.807) is 0 Å². The van der Waals surface area contributed by atoms with Gasteiger partial charge in [-0.1, -0.05) is 48.5 Å². The summed E-state index contributed by atoms with van der Waals surface area (Å²) < 4.78 is 5.24. The van der Waals surface area contributed by atoms with Gasteiger partial charge in [-0.3, -0.25) is 4.99 Å². The number of benzene rings is 2. The standard InChI is InChI=1S/C18H19NO4.8W/c20-10-12(21)9-19-18(22)23-11-17-15-7-3-1-5-13(15)14-6-2-4-8-16(14)17;;;;;;;;/h1-8,12,17,20-21H,9-11H2,(H,19,22);;;;;;;;/p-1. The molecule has 3 rings (SSSR count). The Hall–Kier alpha value is 3.14. The van der Waals surface area contributed by atoms with Crippen molar-refractivity contribution >= 4 is 6.08 Å². The predicted molar refractivity (Wildman–Crippen MR) is 85.1 cm³/mol. The van der Waals surface area contributed by atoms with Gasteiger partial charge in [-0.15, -0.1) is 0 Å². The van der Waals surface area contributed by atoms with Crippen molar-refractivity contribution in [3.63, 3.8) is 0 Å². The molecule has 0 aromatic heterocycles. The number of aliphatic hydroxyl groups excluding tert-OH is 2. The summed E-state index contributed by atoms with van der Waals surface area (Å²) in [6.45, 7) is -0.390. The minimum absolute atomic E-state index is 0. The van der Waals surface area contributed by atoms with Crippen molar-refractivity contribution in [1.82, 2.24) is 0 Å². The summed E-state index contributed by atoms with van der Waals surface area (Å²) in [4.78, 5) is 3.60. The molecule has 0 saturated heterocycles. The Labute approximate surface area is 297 Å². The zero-order valence-corrected chi connectivity index (χ0v) is 39.3. The van der Waals surface area contributed by atoms with Crippen LogP contribution in [0.1, 0.15) is 17.0 Å². The summed E-state index contributed by atoms with van der Waals surface area (Å²) in [5.74, 6) is -0.00989. The number of hydrogen-bond donors (Lipinski definition) is 2. The Morgan fingerprint density at radius 2 is 1.26 bits per heavy atom. The molecule has 1 atom stereocenters. The first-order chi connectivity index (χ1) is 11.2. The molecule has 5 nitrogen and oxygen atoms in total. The van der Waals surface area contributed by atoms with E-state index < -0.39 is 18.8 Å². The topological polar surface area (TPSA) is 85.1 Å². The molecule has 0 fully saturated rings. The van der Waals surface area contributed by atoms with Crippen LogP contribution in [0, 0.1) is 0 Å². The Morgan fingerprint density at radius 3 is 1.68 bits per heavy atom. The third kappa shape index (κ3) is 13.3. The number of aliphatic imine (C=N–C) groups is 1. The fourth-order valence-electron chi connectivity index (χ4n) is 2.88. The molecule has 168 valence electrons. The zero-order valence-electron chi connectivity index (χ0n) is 15.8. The molecule has 0 saturated carbocycles. The molecule has 0 bridgehead atoms. The molecule has 2 N–H and O–H groups in total. The van der Waals surface area contributed by atoms with Gasteiger partial charge in [-0.25, -0.2) is 0 Å². The average molecular weight is 1780 g/mol. The average Bonchev–Trinajstić information content (AvgIpc) is 2.92. The van der Waals surface area contributed by atoms with E-state index in [4.69, 9.17) is 9.84 Å². The van der Waals surface area contributed by atoms with E-state index in [1.807, 2.05) is 36.4 Å². The number of nitrogens with zero attached hydrogens (tertiary/aromatic N) is 1. The first kappa shape index (κ1) is 47.3. The summed E-state index contributed by atoms with van der Waals surface area (Å²) in [6, 6.07) is 16.2. The molecule has 31 heavy (non-hydrogen) atoms. The summed E-state index contributed by atoms with van der Waals surface area (Å²) in [5, 5.41) is 29.6. The first-order valence-corrected chi connectivity index (χ1v) is 7.52. The fourth-order valence-corrected chi connectivity index (χ4v) is 2.88. The second-order valence-corrected chi connectivity index (χ2v) is 5.48. The minimum atomic E-state index is -1.03. The Morgan fingerprint density at radius 1 is 0.839 bits per heavy atom. The zero-order chi connectivity index (χ0) is 16.2. The van der Waals surface area contributed by atoms with Crippen molar-refractivity contribution in [2.24, 2.45) is 4.99 Å². The van der Waals surface area contributed by atoms with E-state index in [2.05, 4.69) is 17.1 Å². The van der Waals surface area contributed by atoms with Gasteiger partial charge in [0.1, 0.15) is 6.08 Å². The third-order valence-electron chi connectivity index (χ3n) is 3.98. The maximum absolute atomic E-state index is 11.7. The SMILES string of the molecule is [O-]C(=NCC(O)CO)OCC1c2ccccc2-c2ccccc21.[W].[W].[W].[W].[W].[W].[W].[W]. The van der Waals surface area contributed by atoms with Gasteiger partial charge < -0.3 is 20.1 Å². The largest absolute Gasteiger partial charge is 0.599 e. The second kappa shape index (κ2) is 24.8. The van der Waals surface area contributed by atoms with E-state index >= 15 is 0 Å². The molecule has 0 heterocycles. The van der Waals surface area contributed by atoms with Crippen molar-refractivity contribution in [2.45, 2.75) is 12.0 Å². The number of rotatable bonds is 5. The number of fused-ring (bicyclic) bond motifs is 3. The summed E-state index contributed by atoms with van der Waals surface area (Å²) >= 11 is 0. The molecular formula is C18H18NO4W8-. The van der Waals surface area contributed by atoms with E-state index in [0.29, 0.717) is 0 Å². The Bertz CT molecular complexity index is 694. The maximum atomic E-state index is 11.7. The van der Waals surface area contributed by atoms with Gasteiger partial charge in [-0.2, -0.15) is 0 Å². The van der Waals surface area contributed by atoms with Crippen molar-refractivity contribution in [2.75, 3.05) is 19.8 Å². The molecule has 13 heteroatoms. The van der Waals surface area contributed by atoms with Crippen LogP contribution in [0.3, 0.4) is 0 Å². The summed E-state index contributed by atoms with van der Waals surface area (Å²) in [7, 11) is 0. The van der Waals surface area contributed by atoms with Gasteiger partial charge >= 0.3 is 0 Å². The summed E-state index contributed by atoms with van der Waals surface area (Å²) in [6.07, 6.45) is -1.75. The van der Waals surface area contributed by atoms with Crippen LogP contribution in [0.5, 0.6) is 0 Å². The van der Waals surface area contributed by atoms with Gasteiger partial charge in [0.05, 0.1) is 19.3 Å². The molecule has 2 aromatic rings. The smallest absolute Gasteiger partial charge is 0.145 e. The molecule has 1 aliphatic carbocycles. The van der Waals surface area contributed by atoms with E-state index in [1.165, 1.54) is 0 Å². The minimum Gasteiger partial charge on any atom is -0.599 e. The molecular weight excluding hydrogens is 1760 g/mol. The van der Waals surface area contributed by atoms with Crippen LogP contribution in [-0.4, -0.2) is 42.2 Å². The Balaban J connectivity index is -0.000000195. The van der Waals surface area contributed by atoms with Gasteiger partial charge in [0, 0.05) is 181 Å². The van der Waals surface area contributed by atoms with Gasteiger partial charge in [0.2, 0.25) is 0 Å². The molecule has 1 unspecified atom stereocenters. The van der Waals surface area contributed by atoms with Crippen LogP contribution in [0.4, 0.5) is 0 Å². The quantitative estimate of drug-likeness (QED) is 0.345. The van der Waals surface area contributed by atoms with Crippen LogP contribution in [0.15, 0.2) is 53.5 Å². The number of ether oxygens (including phenoxy) is 1. The van der Waals surface area contributed by atoms with Crippen molar-refractivity contribution in [1.29, 1.82) is 0 Å². The van der Waals surface area contributed by atoms with Crippen LogP contribution in [0.25, 0.3) is 11.1 Å². The van der Waals surface area contributed by atoms with Crippen LogP contribution < -0.4 is 5.11 Å². The molecule has 0 radical (unpaired) electrons. The van der Waals surface area contributed by atoms with Crippen molar-refractivity contribution < 1.29 is 189 Å². The molecule has 0 spiro atoms. The molecule has 0 amide bonds. The third-order valence-corrected chi connectivity index (χ3v) is 3.98. The first-order valence-electron chi connectivity index (χ1n) is 7.52. The molecule has 0 aliphatic heterocycles. The second-order valence-electron chi connectivity index (χ2n) is 5.48. The van der Waals surface area contributed by atoms with Crippen molar-refractivity contribution in [3.8, 4) is 11.1 Å². The molecule has 2 aromatic carbocycles. The Kier molecular flexibility index (Phi) is 37.9. The van der Waals surface area contributed by atoms with Gasteiger partial charge in [0.15, 0.2) is 0 Å². The number of hydrogen-bond acceptors (Lipinski definition) is 5. The monoisotopic (exact) mass is 1780 g/mol. The number of aliphatic hydroxyl groups is 2. The van der Waals surface area contributed by atoms with Crippen LogP contribution in [-0.2, 0) is 173 Å². The van der Waals surface area contributed by atoms with Gasteiger partial charge in [0.25, 0.3) is 0 Å². The normalized spacial score (nSPS) is 11.2. The fraction of sp³-hybridized carbons (Fsp3) is 0.278. The molecule has 1 aliphatic rings. The van der Waals surface area contributed by atoms with Crippen LogP contribution >= 0.6 is 0 Å². The van der Waals surface area contributed by atoms with Crippen LogP contribution in [0.2, 0.25) is 0 Å². The predicted octanol–water partition coefficient (Wildman–Crippen LogP) is 0.865.